The van der Waals surface area contributed by atoms with Crippen LogP contribution in [-0.4, -0.2) is 61.0 Å². The Morgan fingerprint density at radius 1 is 1.28 bits per heavy atom. The van der Waals surface area contributed by atoms with Crippen molar-refractivity contribution in [1.82, 2.24) is 15.1 Å². The predicted molar refractivity (Wildman–Crippen MR) is 73.6 cm³/mol. The molecule has 0 aromatic carbocycles. The Kier molecular flexibility index (Phi) is 5.45. The number of carbonyl (C=O) groups excluding carboxylic acids is 1. The average Bonchev–Trinajstić information content (AvgIpc) is 2.85. The van der Waals surface area contributed by atoms with Crippen LogP contribution in [0.2, 0.25) is 0 Å². The summed E-state index contributed by atoms with van der Waals surface area (Å²) in [7, 11) is 0. The van der Waals surface area contributed by atoms with Gasteiger partial charge in [0.1, 0.15) is 0 Å². The molecule has 2 aliphatic rings. The third-order valence-electron chi connectivity index (χ3n) is 4.12. The first-order valence-corrected chi connectivity index (χ1v) is 7.54. The number of likely N-dealkylation sites (tertiary alicyclic amines) is 1. The molecule has 1 atom stereocenters. The highest BCUT2D eigenvalue weighted by Crippen LogP contribution is 2.20. The molecule has 4 nitrogen and oxygen atoms in total. The van der Waals surface area contributed by atoms with E-state index in [0.29, 0.717) is 11.9 Å². The molecule has 1 N–H and O–H groups in total. The van der Waals surface area contributed by atoms with Gasteiger partial charge in [0, 0.05) is 51.7 Å². The summed E-state index contributed by atoms with van der Waals surface area (Å²) >= 11 is 0. The highest BCUT2D eigenvalue weighted by Gasteiger charge is 2.29. The van der Waals surface area contributed by atoms with Gasteiger partial charge >= 0.3 is 0 Å². The van der Waals surface area contributed by atoms with Crippen molar-refractivity contribution in [2.24, 2.45) is 0 Å². The van der Waals surface area contributed by atoms with Gasteiger partial charge in [-0.3, -0.25) is 9.69 Å². The molecule has 0 radical (unpaired) electrons. The van der Waals surface area contributed by atoms with Crippen LogP contribution < -0.4 is 5.32 Å². The molecule has 0 bridgehead atoms. The quantitative estimate of drug-likeness (QED) is 0.796. The summed E-state index contributed by atoms with van der Waals surface area (Å²) in [5.74, 6) is 0.384. The number of piperazine rings is 1. The van der Waals surface area contributed by atoms with E-state index in [1.807, 2.05) is 0 Å². The number of carbonyl (C=O) groups is 1. The Morgan fingerprint density at radius 2 is 2.06 bits per heavy atom. The van der Waals surface area contributed by atoms with Crippen molar-refractivity contribution in [1.29, 1.82) is 0 Å². The van der Waals surface area contributed by atoms with E-state index in [9.17, 15) is 4.79 Å². The van der Waals surface area contributed by atoms with E-state index in [-0.39, 0.29) is 0 Å². The average molecular weight is 253 g/mol. The highest BCUT2D eigenvalue weighted by atomic mass is 16.2. The molecule has 0 spiro atoms. The van der Waals surface area contributed by atoms with Crippen molar-refractivity contribution in [2.75, 3.05) is 39.3 Å². The topological polar surface area (TPSA) is 35.6 Å². The van der Waals surface area contributed by atoms with Crippen LogP contribution in [-0.2, 0) is 4.79 Å². The molecule has 104 valence electrons. The molecular weight excluding hydrogens is 226 g/mol. The number of amides is 1. The normalized spacial score (nSPS) is 25.6. The molecule has 1 unspecified atom stereocenters. The van der Waals surface area contributed by atoms with Crippen molar-refractivity contribution >= 4 is 5.91 Å². The largest absolute Gasteiger partial charge is 0.338 e. The minimum absolute atomic E-state index is 0.384. The van der Waals surface area contributed by atoms with Gasteiger partial charge < -0.3 is 10.2 Å². The Bertz CT molecular complexity index is 264. The van der Waals surface area contributed by atoms with Crippen LogP contribution in [0.5, 0.6) is 0 Å². The van der Waals surface area contributed by atoms with Crippen LogP contribution in [0.25, 0.3) is 0 Å². The monoisotopic (exact) mass is 253 g/mol. The lowest BCUT2D eigenvalue weighted by atomic mass is 10.1. The van der Waals surface area contributed by atoms with Gasteiger partial charge in [0.2, 0.25) is 5.91 Å². The molecule has 0 aliphatic carbocycles. The van der Waals surface area contributed by atoms with E-state index < -0.39 is 0 Å². The van der Waals surface area contributed by atoms with Crippen LogP contribution in [0.4, 0.5) is 0 Å². The Labute approximate surface area is 111 Å². The minimum Gasteiger partial charge on any atom is -0.338 e. The molecule has 18 heavy (non-hydrogen) atoms. The Hall–Kier alpha value is -0.610. The van der Waals surface area contributed by atoms with Gasteiger partial charge in [0.15, 0.2) is 0 Å². The number of hydrogen-bond donors (Lipinski definition) is 1. The van der Waals surface area contributed by atoms with Gasteiger partial charge in [-0.05, 0) is 19.3 Å². The molecule has 2 rings (SSSR count). The van der Waals surface area contributed by atoms with E-state index in [4.69, 9.17) is 0 Å². The fourth-order valence-corrected chi connectivity index (χ4v) is 3.02. The molecular formula is C14H27N3O. The van der Waals surface area contributed by atoms with Crippen molar-refractivity contribution in [3.05, 3.63) is 0 Å². The van der Waals surface area contributed by atoms with E-state index in [2.05, 4.69) is 22.0 Å². The van der Waals surface area contributed by atoms with Crippen LogP contribution >= 0.6 is 0 Å². The zero-order chi connectivity index (χ0) is 12.8. The fraction of sp³-hybridized carbons (Fsp3) is 0.929. The second-order valence-electron chi connectivity index (χ2n) is 5.54. The number of unbranched alkanes of at least 4 members (excludes halogenated alkanes) is 1. The number of nitrogens with one attached hydrogen (secondary N) is 1. The summed E-state index contributed by atoms with van der Waals surface area (Å²) in [6, 6.07) is 0.479. The first-order chi connectivity index (χ1) is 8.81. The number of rotatable bonds is 5. The minimum atomic E-state index is 0.384. The number of nitrogens with zero attached hydrogens (tertiary/aromatic N) is 2. The van der Waals surface area contributed by atoms with Crippen LogP contribution in [0.15, 0.2) is 0 Å². The molecule has 0 saturated carbocycles. The first-order valence-electron chi connectivity index (χ1n) is 7.54. The van der Waals surface area contributed by atoms with Gasteiger partial charge in [0.25, 0.3) is 0 Å². The van der Waals surface area contributed by atoms with Gasteiger partial charge in [0.05, 0.1) is 0 Å². The van der Waals surface area contributed by atoms with Gasteiger partial charge in [-0.1, -0.05) is 13.3 Å². The maximum absolute atomic E-state index is 12.2. The van der Waals surface area contributed by atoms with Crippen molar-refractivity contribution in [3.63, 3.8) is 0 Å². The van der Waals surface area contributed by atoms with E-state index >= 15 is 0 Å². The summed E-state index contributed by atoms with van der Waals surface area (Å²) in [6.45, 7) is 8.67. The van der Waals surface area contributed by atoms with Crippen molar-refractivity contribution < 1.29 is 4.79 Å². The van der Waals surface area contributed by atoms with Crippen molar-refractivity contribution in [3.8, 4) is 0 Å². The maximum atomic E-state index is 12.2. The third kappa shape index (κ3) is 3.69. The summed E-state index contributed by atoms with van der Waals surface area (Å²) in [5.41, 5.74) is 0. The first kappa shape index (κ1) is 13.8. The maximum Gasteiger partial charge on any atom is 0.222 e. The Morgan fingerprint density at radius 3 is 2.78 bits per heavy atom. The standard InChI is InChI=1S/C14H27N3O/c1-2-3-6-14(18)17-9-4-5-13(17)12-16-10-7-15-8-11-16/h13,15H,2-12H2,1H3. The molecule has 0 aromatic heterocycles. The van der Waals surface area contributed by atoms with Crippen LogP contribution in [0, 0.1) is 0 Å². The SMILES string of the molecule is CCCCC(=O)N1CCCC1CN1CCNCC1. The second kappa shape index (κ2) is 7.10. The van der Waals surface area contributed by atoms with E-state index in [1.165, 1.54) is 12.8 Å². The molecule has 0 aromatic rings. The molecule has 1 amide bonds. The summed E-state index contributed by atoms with van der Waals surface area (Å²) < 4.78 is 0. The molecule has 2 fully saturated rings. The van der Waals surface area contributed by atoms with E-state index in [1.54, 1.807) is 0 Å². The fourth-order valence-electron chi connectivity index (χ4n) is 3.02. The number of hydrogen-bond acceptors (Lipinski definition) is 3. The molecule has 4 heteroatoms. The molecule has 2 heterocycles. The molecule has 2 saturated heterocycles. The van der Waals surface area contributed by atoms with Crippen molar-refractivity contribution in [2.45, 2.75) is 45.1 Å². The highest BCUT2D eigenvalue weighted by molar-refractivity contribution is 5.76. The van der Waals surface area contributed by atoms with E-state index in [0.717, 1.165) is 58.5 Å². The summed E-state index contributed by atoms with van der Waals surface area (Å²) in [4.78, 5) is 16.8. The van der Waals surface area contributed by atoms with Crippen LogP contribution in [0.1, 0.15) is 39.0 Å². The second-order valence-corrected chi connectivity index (χ2v) is 5.54. The summed E-state index contributed by atoms with van der Waals surface area (Å²) in [5, 5.41) is 3.38. The zero-order valence-corrected chi connectivity index (χ0v) is 11.7. The van der Waals surface area contributed by atoms with Crippen LogP contribution in [0.3, 0.4) is 0 Å². The lowest BCUT2D eigenvalue weighted by Crippen LogP contribution is -2.49. The lowest BCUT2D eigenvalue weighted by molar-refractivity contribution is -0.132. The van der Waals surface area contributed by atoms with Gasteiger partial charge in [-0.25, -0.2) is 0 Å². The van der Waals surface area contributed by atoms with Gasteiger partial charge in [-0.2, -0.15) is 0 Å². The zero-order valence-electron chi connectivity index (χ0n) is 11.7. The predicted octanol–water partition coefficient (Wildman–Crippen LogP) is 1.07. The smallest absolute Gasteiger partial charge is 0.222 e. The summed E-state index contributed by atoms with van der Waals surface area (Å²) in [6.07, 6.45) is 5.28. The lowest BCUT2D eigenvalue weighted by Gasteiger charge is -2.33. The molecule has 2 aliphatic heterocycles. The third-order valence-corrected chi connectivity index (χ3v) is 4.12. The Balaban J connectivity index is 1.80. The van der Waals surface area contributed by atoms with Gasteiger partial charge in [-0.15, -0.1) is 0 Å².